The largest absolute Gasteiger partial charge is 0.302 e. The van der Waals surface area contributed by atoms with Crippen LogP contribution in [0.1, 0.15) is 30.2 Å². The van der Waals surface area contributed by atoms with Gasteiger partial charge in [-0.25, -0.2) is 13.4 Å². The van der Waals surface area contributed by atoms with Crippen LogP contribution < -0.4 is 9.62 Å². The molecule has 0 unspecified atom stereocenters. The molecule has 2 aromatic carbocycles. The zero-order chi connectivity index (χ0) is 21.5. The van der Waals surface area contributed by atoms with Gasteiger partial charge >= 0.3 is 0 Å². The third-order valence-electron chi connectivity index (χ3n) is 5.16. The van der Waals surface area contributed by atoms with Crippen molar-refractivity contribution in [1.82, 2.24) is 4.98 Å². The van der Waals surface area contributed by atoms with Crippen LogP contribution in [0.5, 0.6) is 0 Å². The molecule has 0 saturated carbocycles. The highest BCUT2D eigenvalue weighted by atomic mass is 32.2. The number of anilines is 2. The summed E-state index contributed by atoms with van der Waals surface area (Å²) in [6, 6.07) is 13.0. The van der Waals surface area contributed by atoms with Gasteiger partial charge in [0.2, 0.25) is 5.91 Å². The minimum Gasteiger partial charge on any atom is -0.302 e. The molecule has 0 spiro atoms. The first-order chi connectivity index (χ1) is 14.3. The molecular formula is C22H23N3O3S2. The van der Waals surface area contributed by atoms with E-state index in [1.54, 1.807) is 12.1 Å². The van der Waals surface area contributed by atoms with Crippen molar-refractivity contribution in [3.8, 4) is 10.4 Å². The summed E-state index contributed by atoms with van der Waals surface area (Å²) in [5, 5.41) is 3.30. The Kier molecular flexibility index (Phi) is 5.38. The second-order valence-electron chi connectivity index (χ2n) is 7.40. The Morgan fingerprint density at radius 2 is 1.93 bits per heavy atom. The number of hydrogen-bond acceptors (Lipinski definition) is 5. The predicted octanol–water partition coefficient (Wildman–Crippen LogP) is 4.53. The number of nitrogens with one attached hydrogen (secondary N) is 1. The van der Waals surface area contributed by atoms with E-state index in [4.69, 9.17) is 0 Å². The zero-order valence-corrected chi connectivity index (χ0v) is 18.7. The van der Waals surface area contributed by atoms with Crippen molar-refractivity contribution in [3.05, 3.63) is 59.3 Å². The molecule has 2 heterocycles. The van der Waals surface area contributed by atoms with Crippen LogP contribution in [0.4, 0.5) is 10.8 Å². The standard InChI is InChI=1S/C22H23N3O3S2/c1-14-7-4-5-9-20(14)30(27,28)25-12-6-8-17-13-18(10-11-19(17)25)21-15(2)23-22(29-21)24-16(3)26/h4-5,7,9-11,13H,6,8,12H2,1-3H3,(H,23,24,26). The lowest BCUT2D eigenvalue weighted by atomic mass is 10.00. The fourth-order valence-electron chi connectivity index (χ4n) is 3.79. The summed E-state index contributed by atoms with van der Waals surface area (Å²) < 4.78 is 28.3. The maximum atomic E-state index is 13.4. The summed E-state index contributed by atoms with van der Waals surface area (Å²) in [5.41, 5.74) is 4.30. The van der Waals surface area contributed by atoms with Crippen LogP contribution in [0.25, 0.3) is 10.4 Å². The number of rotatable bonds is 4. The Balaban J connectivity index is 1.73. The third kappa shape index (κ3) is 3.73. The number of carbonyl (C=O) groups excluding carboxylic acids is 1. The van der Waals surface area contributed by atoms with E-state index in [9.17, 15) is 13.2 Å². The number of thiazole rings is 1. The van der Waals surface area contributed by atoms with E-state index in [2.05, 4.69) is 10.3 Å². The number of benzene rings is 2. The highest BCUT2D eigenvalue weighted by Crippen LogP contribution is 2.38. The number of carbonyl (C=O) groups is 1. The molecule has 1 N–H and O–H groups in total. The molecule has 4 rings (SSSR count). The lowest BCUT2D eigenvalue weighted by Crippen LogP contribution is -2.35. The Bertz CT molecular complexity index is 1230. The van der Waals surface area contributed by atoms with Gasteiger partial charge in [-0.05, 0) is 61.6 Å². The summed E-state index contributed by atoms with van der Waals surface area (Å²) in [5.74, 6) is -0.155. The van der Waals surface area contributed by atoms with E-state index in [-0.39, 0.29) is 5.91 Å². The minimum atomic E-state index is -3.63. The van der Waals surface area contributed by atoms with Gasteiger partial charge in [-0.15, -0.1) is 0 Å². The van der Waals surface area contributed by atoms with Crippen LogP contribution in [-0.4, -0.2) is 25.9 Å². The smallest absolute Gasteiger partial charge is 0.264 e. The molecule has 0 saturated heterocycles. The van der Waals surface area contributed by atoms with Gasteiger partial charge in [0.15, 0.2) is 5.13 Å². The normalized spacial score (nSPS) is 13.8. The molecule has 8 heteroatoms. The van der Waals surface area contributed by atoms with Crippen molar-refractivity contribution in [2.24, 2.45) is 0 Å². The molecule has 1 aliphatic heterocycles. The first-order valence-corrected chi connectivity index (χ1v) is 12.0. The average molecular weight is 442 g/mol. The number of amides is 1. The van der Waals surface area contributed by atoms with Gasteiger partial charge in [-0.2, -0.15) is 0 Å². The number of hydrogen-bond donors (Lipinski definition) is 1. The average Bonchev–Trinajstić information content (AvgIpc) is 3.06. The summed E-state index contributed by atoms with van der Waals surface area (Å²) in [4.78, 5) is 17.1. The van der Waals surface area contributed by atoms with Gasteiger partial charge in [-0.3, -0.25) is 9.10 Å². The van der Waals surface area contributed by atoms with Gasteiger partial charge < -0.3 is 5.32 Å². The van der Waals surface area contributed by atoms with Crippen LogP contribution in [0.2, 0.25) is 0 Å². The Morgan fingerprint density at radius 3 is 2.67 bits per heavy atom. The summed E-state index contributed by atoms with van der Waals surface area (Å²) in [6.45, 7) is 5.65. The van der Waals surface area contributed by atoms with Crippen molar-refractivity contribution in [1.29, 1.82) is 0 Å². The molecule has 3 aromatic rings. The zero-order valence-electron chi connectivity index (χ0n) is 17.1. The van der Waals surface area contributed by atoms with Crippen LogP contribution >= 0.6 is 11.3 Å². The van der Waals surface area contributed by atoms with E-state index >= 15 is 0 Å². The van der Waals surface area contributed by atoms with Crippen LogP contribution in [0.3, 0.4) is 0 Å². The molecular weight excluding hydrogens is 418 g/mol. The van der Waals surface area contributed by atoms with E-state index in [1.165, 1.54) is 22.6 Å². The first-order valence-electron chi connectivity index (χ1n) is 9.74. The first kappa shape index (κ1) is 20.6. The number of nitrogens with zero attached hydrogens (tertiary/aromatic N) is 2. The fourth-order valence-corrected chi connectivity index (χ4v) is 6.56. The molecule has 30 heavy (non-hydrogen) atoms. The number of fused-ring (bicyclic) bond motifs is 1. The van der Waals surface area contributed by atoms with E-state index in [1.807, 2.05) is 44.2 Å². The van der Waals surface area contributed by atoms with Crippen molar-refractivity contribution < 1.29 is 13.2 Å². The molecule has 1 amide bonds. The predicted molar refractivity (Wildman–Crippen MR) is 121 cm³/mol. The molecule has 6 nitrogen and oxygen atoms in total. The van der Waals surface area contributed by atoms with Crippen molar-refractivity contribution in [2.45, 2.75) is 38.5 Å². The van der Waals surface area contributed by atoms with Gasteiger partial charge in [0.1, 0.15) is 0 Å². The van der Waals surface area contributed by atoms with Gasteiger partial charge in [0.25, 0.3) is 10.0 Å². The third-order valence-corrected chi connectivity index (χ3v) is 8.25. The van der Waals surface area contributed by atoms with E-state index in [0.717, 1.165) is 45.8 Å². The van der Waals surface area contributed by atoms with Gasteiger partial charge in [0, 0.05) is 13.5 Å². The molecule has 0 atom stereocenters. The summed E-state index contributed by atoms with van der Waals surface area (Å²) >= 11 is 1.42. The van der Waals surface area contributed by atoms with E-state index in [0.29, 0.717) is 16.6 Å². The molecule has 156 valence electrons. The van der Waals surface area contributed by atoms with Crippen LogP contribution in [0, 0.1) is 13.8 Å². The summed E-state index contributed by atoms with van der Waals surface area (Å²) in [6.07, 6.45) is 1.58. The quantitative estimate of drug-likeness (QED) is 0.645. The van der Waals surface area contributed by atoms with Crippen molar-refractivity contribution >= 4 is 38.1 Å². The van der Waals surface area contributed by atoms with Crippen LogP contribution in [0.15, 0.2) is 47.4 Å². The number of aromatic nitrogens is 1. The maximum Gasteiger partial charge on any atom is 0.264 e. The van der Waals surface area contributed by atoms with Gasteiger partial charge in [0.05, 0.1) is 21.2 Å². The van der Waals surface area contributed by atoms with Crippen LogP contribution in [-0.2, 0) is 21.2 Å². The molecule has 0 aliphatic carbocycles. The monoisotopic (exact) mass is 441 g/mol. The molecule has 0 radical (unpaired) electrons. The SMILES string of the molecule is CC(=O)Nc1nc(C)c(-c2ccc3c(c2)CCCN3S(=O)(=O)c2ccccc2C)s1. The fraction of sp³-hybridized carbons (Fsp3) is 0.273. The van der Waals surface area contributed by atoms with Gasteiger partial charge in [-0.1, -0.05) is 35.6 Å². The Labute approximate surface area is 180 Å². The minimum absolute atomic E-state index is 0.155. The van der Waals surface area contributed by atoms with E-state index < -0.39 is 10.0 Å². The Hall–Kier alpha value is -2.71. The molecule has 1 aromatic heterocycles. The molecule has 1 aliphatic rings. The topological polar surface area (TPSA) is 79.4 Å². The second-order valence-corrected chi connectivity index (χ2v) is 10.2. The molecule has 0 bridgehead atoms. The number of aryl methyl sites for hydroxylation is 3. The van der Waals surface area contributed by atoms with Crippen molar-refractivity contribution in [2.75, 3.05) is 16.2 Å². The lowest BCUT2D eigenvalue weighted by Gasteiger charge is -2.31. The Morgan fingerprint density at radius 1 is 1.17 bits per heavy atom. The molecule has 0 fully saturated rings. The highest BCUT2D eigenvalue weighted by Gasteiger charge is 2.30. The highest BCUT2D eigenvalue weighted by molar-refractivity contribution is 7.92. The summed E-state index contributed by atoms with van der Waals surface area (Å²) in [7, 11) is -3.63. The maximum absolute atomic E-state index is 13.4. The second kappa shape index (κ2) is 7.85. The number of sulfonamides is 1. The van der Waals surface area contributed by atoms with Crippen molar-refractivity contribution in [3.63, 3.8) is 0 Å². The lowest BCUT2D eigenvalue weighted by molar-refractivity contribution is -0.114.